The molecule has 0 bridgehead atoms. The summed E-state index contributed by atoms with van der Waals surface area (Å²) in [5, 5.41) is 9.50. The molecule has 1 aromatic heterocycles. The summed E-state index contributed by atoms with van der Waals surface area (Å²) in [6.07, 6.45) is 0. The smallest absolute Gasteiger partial charge is 0.142 e. The Balaban J connectivity index is 1.96. The van der Waals surface area contributed by atoms with Crippen LogP contribution < -0.4 is 10.5 Å². The van der Waals surface area contributed by atoms with Crippen molar-refractivity contribution in [2.45, 2.75) is 31.2 Å². The van der Waals surface area contributed by atoms with Crippen molar-refractivity contribution in [2.24, 2.45) is 0 Å². The Bertz CT molecular complexity index is 968. The molecule has 3 rings (SSSR count). The van der Waals surface area contributed by atoms with Crippen LogP contribution in [0.2, 0.25) is 0 Å². The highest BCUT2D eigenvalue weighted by molar-refractivity contribution is 7.97. The number of rotatable bonds is 4. The number of hydrogen-bond donors (Lipinski definition) is 2. The standard InChI is InChI=1S/C22H22N4S/c1-22(2,3)26-27-17-11-9-16(10-12-17)20-13-18(15-7-5-4-6-8-15)19(14-23)21(24)25-20/h4-13,26H,1-3H3,(H2,24,25). The van der Waals surface area contributed by atoms with Gasteiger partial charge in [0.25, 0.3) is 0 Å². The molecule has 0 aliphatic carbocycles. The van der Waals surface area contributed by atoms with Crippen LogP contribution in [0.5, 0.6) is 0 Å². The second-order valence-electron chi connectivity index (χ2n) is 7.27. The van der Waals surface area contributed by atoms with Gasteiger partial charge in [-0.25, -0.2) is 4.98 Å². The molecular weight excluding hydrogens is 352 g/mol. The second kappa shape index (κ2) is 7.83. The number of benzene rings is 2. The highest BCUT2D eigenvalue weighted by Crippen LogP contribution is 2.31. The molecule has 136 valence electrons. The van der Waals surface area contributed by atoms with Gasteiger partial charge in [0, 0.05) is 21.6 Å². The number of nitrogen functional groups attached to an aromatic ring is 1. The quantitative estimate of drug-likeness (QED) is 0.609. The van der Waals surface area contributed by atoms with Crippen molar-refractivity contribution in [2.75, 3.05) is 5.73 Å². The van der Waals surface area contributed by atoms with Crippen molar-refractivity contribution in [1.29, 1.82) is 5.26 Å². The normalized spacial score (nSPS) is 11.2. The number of nitrogens with one attached hydrogen (secondary N) is 1. The van der Waals surface area contributed by atoms with Crippen LogP contribution in [0.3, 0.4) is 0 Å². The first-order chi connectivity index (χ1) is 12.9. The highest BCUT2D eigenvalue weighted by atomic mass is 32.2. The minimum atomic E-state index is 0.0387. The lowest BCUT2D eigenvalue weighted by Gasteiger charge is -2.19. The van der Waals surface area contributed by atoms with E-state index < -0.39 is 0 Å². The number of pyridine rings is 1. The van der Waals surface area contributed by atoms with E-state index >= 15 is 0 Å². The van der Waals surface area contributed by atoms with Crippen LogP contribution in [-0.2, 0) is 0 Å². The van der Waals surface area contributed by atoms with E-state index in [9.17, 15) is 5.26 Å². The number of nitrogens with two attached hydrogens (primary N) is 1. The maximum Gasteiger partial charge on any atom is 0.142 e. The van der Waals surface area contributed by atoms with Crippen LogP contribution in [0.1, 0.15) is 26.3 Å². The van der Waals surface area contributed by atoms with Gasteiger partial charge in [-0.2, -0.15) is 5.26 Å². The van der Waals surface area contributed by atoms with Crippen LogP contribution >= 0.6 is 11.9 Å². The van der Waals surface area contributed by atoms with Crippen LogP contribution in [0.25, 0.3) is 22.4 Å². The molecule has 0 fully saturated rings. The average Bonchev–Trinajstić information content (AvgIpc) is 2.66. The average molecular weight is 375 g/mol. The monoisotopic (exact) mass is 374 g/mol. The molecule has 0 amide bonds. The first-order valence-electron chi connectivity index (χ1n) is 8.68. The fraction of sp³-hybridized carbons (Fsp3) is 0.182. The molecule has 27 heavy (non-hydrogen) atoms. The first-order valence-corrected chi connectivity index (χ1v) is 9.49. The molecule has 3 N–H and O–H groups in total. The Morgan fingerprint density at radius 2 is 1.67 bits per heavy atom. The van der Waals surface area contributed by atoms with Crippen molar-refractivity contribution in [1.82, 2.24) is 9.71 Å². The molecule has 0 aliphatic heterocycles. The van der Waals surface area contributed by atoms with Crippen LogP contribution in [0, 0.1) is 11.3 Å². The van der Waals surface area contributed by atoms with Gasteiger partial charge >= 0.3 is 0 Å². The summed E-state index contributed by atoms with van der Waals surface area (Å²) in [4.78, 5) is 5.57. The summed E-state index contributed by atoms with van der Waals surface area (Å²) in [6, 6.07) is 22.0. The Hall–Kier alpha value is -2.81. The SMILES string of the molecule is CC(C)(C)NSc1ccc(-c2cc(-c3ccccc3)c(C#N)c(N)n2)cc1. The Labute approximate surface area is 164 Å². The molecule has 1 heterocycles. The van der Waals surface area contributed by atoms with Crippen LogP contribution in [0.4, 0.5) is 5.82 Å². The van der Waals surface area contributed by atoms with Crippen molar-refractivity contribution in [3.8, 4) is 28.5 Å². The maximum absolute atomic E-state index is 9.50. The summed E-state index contributed by atoms with van der Waals surface area (Å²) in [5.74, 6) is 0.252. The van der Waals surface area contributed by atoms with E-state index in [2.05, 4.69) is 48.7 Å². The molecule has 5 heteroatoms. The molecular formula is C22H22N4S. The van der Waals surface area contributed by atoms with Crippen LogP contribution in [0.15, 0.2) is 65.6 Å². The summed E-state index contributed by atoms with van der Waals surface area (Å²) in [5.41, 5.74) is 10.00. The predicted octanol–water partition coefficient (Wildman–Crippen LogP) is 5.26. The number of anilines is 1. The van der Waals surface area contributed by atoms with Gasteiger partial charge in [0.1, 0.15) is 17.5 Å². The number of nitriles is 1. The van der Waals surface area contributed by atoms with Crippen molar-refractivity contribution >= 4 is 17.8 Å². The fourth-order valence-corrected chi connectivity index (χ4v) is 3.28. The molecule has 0 radical (unpaired) electrons. The van der Waals surface area contributed by atoms with E-state index in [1.165, 1.54) is 0 Å². The molecule has 2 aromatic carbocycles. The molecule has 4 nitrogen and oxygen atoms in total. The Morgan fingerprint density at radius 1 is 1.00 bits per heavy atom. The minimum absolute atomic E-state index is 0.0387. The van der Waals surface area contributed by atoms with E-state index in [4.69, 9.17) is 5.73 Å². The van der Waals surface area contributed by atoms with E-state index in [1.807, 2.05) is 48.5 Å². The molecule has 0 saturated heterocycles. The third kappa shape index (κ3) is 4.68. The second-order valence-corrected chi connectivity index (χ2v) is 8.15. The van der Waals surface area contributed by atoms with Crippen molar-refractivity contribution in [3.63, 3.8) is 0 Å². The molecule has 0 unspecified atom stereocenters. The van der Waals surface area contributed by atoms with E-state index in [0.717, 1.165) is 27.3 Å². The first kappa shape index (κ1) is 19.0. The largest absolute Gasteiger partial charge is 0.383 e. The third-order valence-electron chi connectivity index (χ3n) is 3.87. The number of hydrogen-bond acceptors (Lipinski definition) is 5. The zero-order valence-electron chi connectivity index (χ0n) is 15.7. The van der Waals surface area contributed by atoms with Crippen molar-refractivity contribution in [3.05, 3.63) is 66.2 Å². The summed E-state index contributed by atoms with van der Waals surface area (Å²) in [6.45, 7) is 6.38. The van der Waals surface area contributed by atoms with E-state index in [0.29, 0.717) is 5.56 Å². The zero-order valence-corrected chi connectivity index (χ0v) is 16.5. The van der Waals surface area contributed by atoms with Gasteiger partial charge in [-0.3, -0.25) is 4.72 Å². The van der Waals surface area contributed by atoms with Crippen molar-refractivity contribution < 1.29 is 0 Å². The fourth-order valence-electron chi connectivity index (χ4n) is 2.58. The lowest BCUT2D eigenvalue weighted by Crippen LogP contribution is -2.29. The highest BCUT2D eigenvalue weighted by Gasteiger charge is 2.14. The summed E-state index contributed by atoms with van der Waals surface area (Å²) < 4.78 is 3.40. The third-order valence-corrected chi connectivity index (χ3v) is 5.09. The summed E-state index contributed by atoms with van der Waals surface area (Å²) in [7, 11) is 0. The molecule has 3 aromatic rings. The Morgan fingerprint density at radius 3 is 2.26 bits per heavy atom. The molecule has 0 spiro atoms. The van der Waals surface area contributed by atoms with Gasteiger partial charge in [-0.05, 0) is 56.5 Å². The number of aromatic nitrogens is 1. The maximum atomic E-state index is 9.50. The van der Waals surface area contributed by atoms with Crippen LogP contribution in [-0.4, -0.2) is 10.5 Å². The summed E-state index contributed by atoms with van der Waals surface area (Å²) >= 11 is 1.60. The van der Waals surface area contributed by atoms with E-state index in [-0.39, 0.29) is 11.4 Å². The van der Waals surface area contributed by atoms with Gasteiger partial charge in [-0.1, -0.05) is 42.5 Å². The lowest BCUT2D eigenvalue weighted by molar-refractivity contribution is 0.535. The lowest BCUT2D eigenvalue weighted by atomic mass is 9.98. The zero-order chi connectivity index (χ0) is 19.4. The van der Waals surface area contributed by atoms with Gasteiger partial charge in [0.2, 0.25) is 0 Å². The van der Waals surface area contributed by atoms with Gasteiger partial charge in [0.15, 0.2) is 0 Å². The van der Waals surface area contributed by atoms with Gasteiger partial charge < -0.3 is 5.73 Å². The Kier molecular flexibility index (Phi) is 5.50. The van der Waals surface area contributed by atoms with Gasteiger partial charge in [-0.15, -0.1) is 0 Å². The molecule has 0 aliphatic rings. The minimum Gasteiger partial charge on any atom is -0.383 e. The van der Waals surface area contributed by atoms with Gasteiger partial charge in [0.05, 0.1) is 5.69 Å². The topological polar surface area (TPSA) is 74.7 Å². The molecule has 0 saturated carbocycles. The van der Waals surface area contributed by atoms with E-state index in [1.54, 1.807) is 11.9 Å². The number of nitrogens with zero attached hydrogens (tertiary/aromatic N) is 2. The predicted molar refractivity (Wildman–Crippen MR) is 113 cm³/mol. The molecule has 0 atom stereocenters.